The third-order valence-electron chi connectivity index (χ3n) is 11.2. The molecule has 0 bridgehead atoms. The fraction of sp³-hybridized carbons (Fsp3) is 0.0189. The number of thiophene rings is 1. The van der Waals surface area contributed by atoms with Gasteiger partial charge in [0.1, 0.15) is 11.2 Å². The summed E-state index contributed by atoms with van der Waals surface area (Å²) in [4.78, 5) is 0. The van der Waals surface area contributed by atoms with E-state index in [-0.39, 0.29) is 5.92 Å². The largest absolute Gasteiger partial charge is 0.456 e. The van der Waals surface area contributed by atoms with Crippen molar-refractivity contribution >= 4 is 64.2 Å². The minimum Gasteiger partial charge on any atom is -0.456 e. The molecule has 0 amide bonds. The Balaban J connectivity index is 1.11. The average molecular weight is 719 g/mol. The molecule has 0 fully saturated rings. The summed E-state index contributed by atoms with van der Waals surface area (Å²) in [6.45, 7) is 0. The zero-order valence-electron chi connectivity index (χ0n) is 29.9. The third-order valence-corrected chi connectivity index (χ3v) is 12.5. The van der Waals surface area contributed by atoms with Crippen LogP contribution in [0.1, 0.15) is 22.6 Å². The zero-order chi connectivity index (χ0) is 36.3. The summed E-state index contributed by atoms with van der Waals surface area (Å²) in [7, 11) is 0. The van der Waals surface area contributed by atoms with Crippen LogP contribution in [0, 0.1) is 0 Å². The highest BCUT2D eigenvalue weighted by atomic mass is 32.1. The molecular formula is C53H34OS. The molecule has 1 atom stereocenters. The molecule has 0 spiro atoms. The van der Waals surface area contributed by atoms with E-state index in [1.807, 2.05) is 17.4 Å². The number of fused-ring (bicyclic) bond motifs is 8. The first kappa shape index (κ1) is 31.8. The second-order valence-corrected chi connectivity index (χ2v) is 15.4. The minimum atomic E-state index is 0.0253. The van der Waals surface area contributed by atoms with Crippen molar-refractivity contribution in [2.24, 2.45) is 0 Å². The summed E-state index contributed by atoms with van der Waals surface area (Å²) in [5.74, 6) is 0.0253. The lowest BCUT2D eigenvalue weighted by Crippen LogP contribution is -2.04. The molecule has 0 saturated heterocycles. The molecular weight excluding hydrogens is 685 g/mol. The Kier molecular flexibility index (Phi) is 7.50. The van der Waals surface area contributed by atoms with E-state index in [4.69, 9.17) is 4.42 Å². The summed E-state index contributed by atoms with van der Waals surface area (Å²) in [6.07, 6.45) is 0. The molecule has 11 rings (SSSR count). The standard InChI is InChI=1S/C53H34OS/c1-3-12-34(13-4-1)35-22-24-37(25-23-35)51(46-19-11-18-44-43-16-8-10-21-50(43)55-53(44)46)40-27-29-41(47(33-40)36-14-5-2-6-15-36)38-26-30-42-39(32-38)28-31-49-52(42)45-17-7-9-20-48(45)54-49/h1-33,51H. The maximum atomic E-state index is 6.23. The SMILES string of the molecule is c1ccc(-c2ccc(C(c3ccc(-c4ccc5c(ccc6oc7ccccc7c65)c4)c(-c4ccccc4)c3)c3cccc4c3sc3ccccc34)cc2)cc1. The Bertz CT molecular complexity index is 3190. The van der Waals surface area contributed by atoms with Gasteiger partial charge >= 0.3 is 0 Å². The number of benzene rings is 9. The second-order valence-electron chi connectivity index (χ2n) is 14.4. The normalized spacial score (nSPS) is 12.3. The first-order chi connectivity index (χ1) is 27.3. The van der Waals surface area contributed by atoms with Crippen LogP contribution in [0.25, 0.3) is 86.3 Å². The topological polar surface area (TPSA) is 13.1 Å². The predicted molar refractivity (Wildman–Crippen MR) is 234 cm³/mol. The van der Waals surface area contributed by atoms with Gasteiger partial charge in [0, 0.05) is 36.9 Å². The van der Waals surface area contributed by atoms with Crippen LogP contribution in [0.4, 0.5) is 0 Å². The van der Waals surface area contributed by atoms with Crippen molar-refractivity contribution in [1.82, 2.24) is 0 Å². The molecule has 258 valence electrons. The Hall–Kier alpha value is -6.74. The van der Waals surface area contributed by atoms with Gasteiger partial charge in [-0.05, 0) is 91.2 Å². The van der Waals surface area contributed by atoms with Crippen molar-refractivity contribution < 1.29 is 4.42 Å². The summed E-state index contributed by atoms with van der Waals surface area (Å²) in [5.41, 5.74) is 13.0. The van der Waals surface area contributed by atoms with Crippen molar-refractivity contribution in [2.75, 3.05) is 0 Å². The summed E-state index contributed by atoms with van der Waals surface area (Å²) >= 11 is 1.90. The van der Waals surface area contributed by atoms with Crippen LogP contribution in [0.3, 0.4) is 0 Å². The van der Waals surface area contributed by atoms with E-state index < -0.39 is 0 Å². The molecule has 9 aromatic carbocycles. The van der Waals surface area contributed by atoms with Crippen molar-refractivity contribution in [3.63, 3.8) is 0 Å². The molecule has 0 radical (unpaired) electrons. The highest BCUT2D eigenvalue weighted by Gasteiger charge is 2.23. The fourth-order valence-corrected chi connectivity index (χ4v) is 9.86. The number of para-hydroxylation sites is 1. The van der Waals surface area contributed by atoms with Crippen LogP contribution in [-0.2, 0) is 0 Å². The molecule has 11 aromatic rings. The van der Waals surface area contributed by atoms with Crippen LogP contribution in [0.15, 0.2) is 205 Å². The molecule has 2 aromatic heterocycles. The summed E-state index contributed by atoms with van der Waals surface area (Å²) in [6, 6.07) is 73.1. The van der Waals surface area contributed by atoms with Crippen LogP contribution in [0.2, 0.25) is 0 Å². The number of furan rings is 1. The van der Waals surface area contributed by atoms with E-state index in [1.54, 1.807) is 0 Å². The van der Waals surface area contributed by atoms with Gasteiger partial charge in [-0.25, -0.2) is 0 Å². The lowest BCUT2D eigenvalue weighted by molar-refractivity contribution is 0.669. The van der Waals surface area contributed by atoms with Crippen molar-refractivity contribution in [3.05, 3.63) is 217 Å². The summed E-state index contributed by atoms with van der Waals surface area (Å²) in [5, 5.41) is 7.38. The van der Waals surface area contributed by atoms with Crippen molar-refractivity contribution in [2.45, 2.75) is 5.92 Å². The Morgan fingerprint density at radius 2 is 1.05 bits per heavy atom. The number of hydrogen-bond donors (Lipinski definition) is 0. The average Bonchev–Trinajstić information content (AvgIpc) is 3.84. The van der Waals surface area contributed by atoms with E-state index in [9.17, 15) is 0 Å². The molecule has 0 N–H and O–H groups in total. The quantitative estimate of drug-likeness (QED) is 0.156. The van der Waals surface area contributed by atoms with Gasteiger partial charge in [0.2, 0.25) is 0 Å². The number of rotatable bonds is 6. The molecule has 2 heterocycles. The van der Waals surface area contributed by atoms with E-state index in [0.717, 1.165) is 16.6 Å². The van der Waals surface area contributed by atoms with Crippen molar-refractivity contribution in [3.8, 4) is 33.4 Å². The molecule has 0 aliphatic heterocycles. The van der Waals surface area contributed by atoms with Gasteiger partial charge in [0.15, 0.2) is 0 Å². The number of hydrogen-bond acceptors (Lipinski definition) is 2. The predicted octanol–water partition coefficient (Wildman–Crippen LogP) is 15.3. The van der Waals surface area contributed by atoms with E-state index in [0.29, 0.717) is 0 Å². The maximum absolute atomic E-state index is 6.23. The minimum absolute atomic E-state index is 0.0253. The maximum Gasteiger partial charge on any atom is 0.136 e. The monoisotopic (exact) mass is 718 g/mol. The molecule has 2 heteroatoms. The van der Waals surface area contributed by atoms with Crippen LogP contribution < -0.4 is 0 Å². The van der Waals surface area contributed by atoms with Gasteiger partial charge in [-0.2, -0.15) is 0 Å². The molecule has 0 aliphatic rings. The van der Waals surface area contributed by atoms with Gasteiger partial charge in [0.25, 0.3) is 0 Å². The zero-order valence-corrected chi connectivity index (χ0v) is 30.8. The molecule has 1 nitrogen and oxygen atoms in total. The fourth-order valence-electron chi connectivity index (χ4n) is 8.62. The van der Waals surface area contributed by atoms with Crippen LogP contribution in [0.5, 0.6) is 0 Å². The highest BCUT2D eigenvalue weighted by Crippen LogP contribution is 2.45. The Labute approximate surface area is 323 Å². The lowest BCUT2D eigenvalue weighted by Gasteiger charge is -2.22. The highest BCUT2D eigenvalue weighted by molar-refractivity contribution is 7.26. The van der Waals surface area contributed by atoms with Gasteiger partial charge in [-0.1, -0.05) is 170 Å². The summed E-state index contributed by atoms with van der Waals surface area (Å²) < 4.78 is 8.90. The van der Waals surface area contributed by atoms with Gasteiger partial charge < -0.3 is 4.42 Å². The Morgan fingerprint density at radius 3 is 1.89 bits per heavy atom. The molecule has 55 heavy (non-hydrogen) atoms. The van der Waals surface area contributed by atoms with E-state index in [2.05, 4.69) is 194 Å². The van der Waals surface area contributed by atoms with Crippen molar-refractivity contribution in [1.29, 1.82) is 0 Å². The van der Waals surface area contributed by atoms with Gasteiger partial charge in [-0.3, -0.25) is 0 Å². The molecule has 0 aliphatic carbocycles. The van der Waals surface area contributed by atoms with Gasteiger partial charge in [-0.15, -0.1) is 11.3 Å². The first-order valence-electron chi connectivity index (χ1n) is 18.9. The smallest absolute Gasteiger partial charge is 0.136 e. The third kappa shape index (κ3) is 5.37. The molecule has 1 unspecified atom stereocenters. The van der Waals surface area contributed by atoms with Crippen LogP contribution >= 0.6 is 11.3 Å². The van der Waals surface area contributed by atoms with Gasteiger partial charge in [0.05, 0.1) is 0 Å². The van der Waals surface area contributed by atoms with E-state index >= 15 is 0 Å². The lowest BCUT2D eigenvalue weighted by atomic mass is 9.81. The Morgan fingerprint density at radius 1 is 0.382 bits per heavy atom. The second kappa shape index (κ2) is 13.0. The first-order valence-corrected chi connectivity index (χ1v) is 19.7. The van der Waals surface area contributed by atoms with Crippen LogP contribution in [-0.4, -0.2) is 0 Å². The molecule has 0 saturated carbocycles. The van der Waals surface area contributed by atoms with E-state index in [1.165, 1.54) is 86.4 Å².